The van der Waals surface area contributed by atoms with Crippen LogP contribution in [0.25, 0.3) is 17.7 Å². The zero-order valence-corrected chi connectivity index (χ0v) is 24.8. The minimum Gasteiger partial charge on any atom is -0.344 e. The maximum absolute atomic E-state index is 4.52. The van der Waals surface area contributed by atoms with Crippen molar-refractivity contribution in [2.45, 2.75) is 105 Å². The summed E-state index contributed by atoms with van der Waals surface area (Å²) in [6.45, 7) is 15.8. The van der Waals surface area contributed by atoms with Crippen LogP contribution in [0.4, 0.5) is 0 Å². The molecule has 3 aliphatic rings. The van der Waals surface area contributed by atoms with Gasteiger partial charge in [-0.2, -0.15) is 0 Å². The highest BCUT2D eigenvalue weighted by Gasteiger charge is 2.27. The average molecular weight is 510 g/mol. The molecule has 1 heterocycles. The molecule has 38 heavy (non-hydrogen) atoms. The van der Waals surface area contributed by atoms with Crippen LogP contribution in [0.5, 0.6) is 0 Å². The normalized spacial score (nSPS) is 19.7. The van der Waals surface area contributed by atoms with Crippen LogP contribution in [0.3, 0.4) is 0 Å². The Morgan fingerprint density at radius 2 is 1.76 bits per heavy atom. The van der Waals surface area contributed by atoms with E-state index in [2.05, 4.69) is 92.8 Å². The number of hydrogen-bond acceptors (Lipinski definition) is 0. The highest BCUT2D eigenvalue weighted by atomic mass is 15.0. The molecule has 1 saturated carbocycles. The first kappa shape index (κ1) is 28.5. The van der Waals surface area contributed by atoms with Crippen molar-refractivity contribution in [3.63, 3.8) is 0 Å². The molecule has 3 aliphatic carbocycles. The van der Waals surface area contributed by atoms with Crippen LogP contribution >= 0.6 is 0 Å². The number of benzene rings is 1. The molecule has 1 aromatic carbocycles. The van der Waals surface area contributed by atoms with Gasteiger partial charge in [-0.25, -0.2) is 0 Å². The third-order valence-electron chi connectivity index (χ3n) is 9.41. The lowest BCUT2D eigenvalue weighted by Crippen LogP contribution is -2.18. The van der Waals surface area contributed by atoms with Gasteiger partial charge in [0.05, 0.1) is 0 Å². The quantitative estimate of drug-likeness (QED) is 0.333. The van der Waals surface area contributed by atoms with E-state index < -0.39 is 0 Å². The van der Waals surface area contributed by atoms with Gasteiger partial charge in [-0.1, -0.05) is 121 Å². The van der Waals surface area contributed by atoms with E-state index in [0.29, 0.717) is 17.9 Å². The standard InChI is InChI=1S/C35H45N.C2H6/c1-5-28(23-29-15-17-30-11-9-10-12-31(30)18-16-29)21-25(2)27(4)32-22-26(3)34-19-20-36(35(34)24-32)33-13-7-6-8-14-33;1-2/h9-12,15-17,19-20,24-25,27-28,33H,3,5-8,13-14,18,21-23H2,1-2,4H3;1-2H3/t25-,27-,28?;/m1./s1. The van der Waals surface area contributed by atoms with Gasteiger partial charge >= 0.3 is 0 Å². The second-order valence-electron chi connectivity index (χ2n) is 11.8. The maximum atomic E-state index is 4.52. The van der Waals surface area contributed by atoms with Gasteiger partial charge in [-0.15, -0.1) is 0 Å². The van der Waals surface area contributed by atoms with Crippen molar-refractivity contribution < 1.29 is 0 Å². The first-order valence-electron chi connectivity index (χ1n) is 15.6. The second-order valence-corrected chi connectivity index (χ2v) is 11.8. The number of allylic oxidation sites excluding steroid dienone is 5. The fraction of sp³-hybridized carbons (Fsp3) is 0.514. The molecule has 1 aromatic heterocycles. The molecule has 2 aromatic rings. The molecule has 0 spiro atoms. The molecular formula is C37H51N. The van der Waals surface area contributed by atoms with Gasteiger partial charge in [0.1, 0.15) is 0 Å². The topological polar surface area (TPSA) is 4.93 Å². The van der Waals surface area contributed by atoms with Crippen molar-refractivity contribution in [2.75, 3.05) is 0 Å². The van der Waals surface area contributed by atoms with Crippen LogP contribution in [-0.2, 0) is 6.42 Å². The van der Waals surface area contributed by atoms with Gasteiger partial charge in [0.15, 0.2) is 0 Å². The predicted octanol–water partition coefficient (Wildman–Crippen LogP) is 11.1. The number of aromatic nitrogens is 1. The Bertz CT molecular complexity index is 1160. The fourth-order valence-corrected chi connectivity index (χ4v) is 6.81. The van der Waals surface area contributed by atoms with Gasteiger partial charge in [0, 0.05) is 23.5 Å². The van der Waals surface area contributed by atoms with Crippen molar-refractivity contribution in [2.24, 2.45) is 17.8 Å². The lowest BCUT2D eigenvalue weighted by Gasteiger charge is -2.31. The molecule has 0 bridgehead atoms. The summed E-state index contributed by atoms with van der Waals surface area (Å²) in [6, 6.07) is 11.8. The average Bonchev–Trinajstić information content (AvgIpc) is 3.29. The smallest absolute Gasteiger partial charge is 0.0485 e. The molecule has 1 heteroatoms. The van der Waals surface area contributed by atoms with Gasteiger partial charge in [0.25, 0.3) is 0 Å². The van der Waals surface area contributed by atoms with Gasteiger partial charge in [-0.05, 0) is 85.1 Å². The van der Waals surface area contributed by atoms with E-state index in [1.54, 1.807) is 5.57 Å². The first-order valence-corrected chi connectivity index (χ1v) is 15.6. The molecule has 0 aliphatic heterocycles. The molecule has 0 saturated heterocycles. The van der Waals surface area contributed by atoms with Crippen molar-refractivity contribution in [1.29, 1.82) is 0 Å². The molecule has 1 nitrogen and oxygen atoms in total. The number of rotatable bonds is 8. The van der Waals surface area contributed by atoms with Gasteiger partial charge in [-0.3, -0.25) is 0 Å². The van der Waals surface area contributed by atoms with E-state index in [-0.39, 0.29) is 0 Å². The summed E-state index contributed by atoms with van der Waals surface area (Å²) in [5.41, 5.74) is 10.1. The third kappa shape index (κ3) is 6.53. The lowest BCUT2D eigenvalue weighted by molar-refractivity contribution is 0.321. The summed E-state index contributed by atoms with van der Waals surface area (Å²) in [7, 11) is 0. The van der Waals surface area contributed by atoms with Crippen molar-refractivity contribution in [3.05, 3.63) is 88.8 Å². The number of fused-ring (bicyclic) bond motifs is 2. The van der Waals surface area contributed by atoms with E-state index in [4.69, 9.17) is 0 Å². The Balaban J connectivity index is 0.00000164. The van der Waals surface area contributed by atoms with E-state index in [1.807, 2.05) is 13.8 Å². The summed E-state index contributed by atoms with van der Waals surface area (Å²) in [5.74, 6) is 1.98. The monoisotopic (exact) mass is 509 g/mol. The van der Waals surface area contributed by atoms with Crippen LogP contribution in [0.15, 0.2) is 66.4 Å². The zero-order chi connectivity index (χ0) is 27.1. The van der Waals surface area contributed by atoms with Crippen LogP contribution in [0.1, 0.15) is 121 Å². The van der Waals surface area contributed by atoms with Gasteiger partial charge < -0.3 is 4.57 Å². The number of nitrogens with zero attached hydrogens (tertiary/aromatic N) is 1. The summed E-state index contributed by atoms with van der Waals surface area (Å²) in [6.07, 6.45) is 24.7. The Kier molecular flexibility index (Phi) is 10.1. The molecule has 0 N–H and O–H groups in total. The molecule has 5 rings (SSSR count). The zero-order valence-electron chi connectivity index (χ0n) is 24.8. The van der Waals surface area contributed by atoms with Crippen LogP contribution in [0, 0.1) is 17.8 Å². The summed E-state index contributed by atoms with van der Waals surface area (Å²) >= 11 is 0. The van der Waals surface area contributed by atoms with E-state index in [9.17, 15) is 0 Å². The highest BCUT2D eigenvalue weighted by molar-refractivity contribution is 5.79. The van der Waals surface area contributed by atoms with Gasteiger partial charge in [0.2, 0.25) is 0 Å². The molecule has 1 fully saturated rings. The fourth-order valence-electron chi connectivity index (χ4n) is 6.81. The Morgan fingerprint density at radius 1 is 1.00 bits per heavy atom. The summed E-state index contributed by atoms with van der Waals surface area (Å²) < 4.78 is 2.59. The molecular weight excluding hydrogens is 458 g/mol. The summed E-state index contributed by atoms with van der Waals surface area (Å²) in [5, 5.41) is 0. The Hall–Kier alpha value is -2.54. The van der Waals surface area contributed by atoms with Crippen LogP contribution < -0.4 is 0 Å². The van der Waals surface area contributed by atoms with Crippen LogP contribution in [0.2, 0.25) is 0 Å². The van der Waals surface area contributed by atoms with E-state index >= 15 is 0 Å². The highest BCUT2D eigenvalue weighted by Crippen LogP contribution is 2.42. The SMILES string of the molecule is C=C1CC([C@H](C)[C@H](C)CC(CC)CC2=CCc3ccccc3C=C2)=Cc2c1ccn2C1CCCCC1.CC. The molecule has 1 unspecified atom stereocenters. The Labute approximate surface area is 233 Å². The predicted molar refractivity (Wildman–Crippen MR) is 168 cm³/mol. The minimum atomic E-state index is 0.585. The molecule has 0 radical (unpaired) electrons. The van der Waals surface area contributed by atoms with Crippen LogP contribution in [-0.4, -0.2) is 4.57 Å². The second kappa shape index (κ2) is 13.5. The first-order chi connectivity index (χ1) is 18.5. The third-order valence-corrected chi connectivity index (χ3v) is 9.41. The van der Waals surface area contributed by atoms with Crippen molar-refractivity contribution >= 4 is 17.7 Å². The van der Waals surface area contributed by atoms with Crippen molar-refractivity contribution in [3.8, 4) is 0 Å². The molecule has 3 atom stereocenters. The molecule has 204 valence electrons. The summed E-state index contributed by atoms with van der Waals surface area (Å²) in [4.78, 5) is 0. The minimum absolute atomic E-state index is 0.585. The lowest BCUT2D eigenvalue weighted by atomic mass is 9.76. The largest absolute Gasteiger partial charge is 0.344 e. The number of hydrogen-bond donors (Lipinski definition) is 0. The van der Waals surface area contributed by atoms with E-state index in [1.165, 1.54) is 84.9 Å². The van der Waals surface area contributed by atoms with Crippen molar-refractivity contribution in [1.82, 2.24) is 4.57 Å². The molecule has 0 amide bonds. The Morgan fingerprint density at radius 3 is 2.53 bits per heavy atom. The van der Waals surface area contributed by atoms with E-state index in [0.717, 1.165) is 18.8 Å². The maximum Gasteiger partial charge on any atom is 0.0485 e.